The zero-order chi connectivity index (χ0) is 23.3. The van der Waals surface area contributed by atoms with E-state index in [0.717, 1.165) is 28.5 Å². The second kappa shape index (κ2) is 7.84. The molecule has 5 rings (SSSR count). The van der Waals surface area contributed by atoms with E-state index in [4.69, 9.17) is 4.74 Å². The van der Waals surface area contributed by atoms with Crippen LogP contribution in [-0.4, -0.2) is 35.6 Å². The number of nitrogens with one attached hydrogen (secondary N) is 1. The highest BCUT2D eigenvalue weighted by molar-refractivity contribution is 7.90. The van der Waals surface area contributed by atoms with Gasteiger partial charge in [0.2, 0.25) is 5.95 Å². The average Bonchev–Trinajstić information content (AvgIpc) is 3.40. The minimum Gasteiger partial charge on any atom is -0.493 e. The summed E-state index contributed by atoms with van der Waals surface area (Å²) in [5.74, 6) is 0.743. The van der Waals surface area contributed by atoms with Crippen LogP contribution in [0, 0.1) is 19.7 Å². The molecule has 33 heavy (non-hydrogen) atoms. The van der Waals surface area contributed by atoms with Crippen molar-refractivity contribution in [2.75, 3.05) is 18.2 Å². The van der Waals surface area contributed by atoms with Gasteiger partial charge in [0.25, 0.3) is 0 Å². The molecule has 0 fully saturated rings. The van der Waals surface area contributed by atoms with E-state index in [0.29, 0.717) is 41.4 Å². The Hall–Kier alpha value is -3.46. The third-order valence-corrected chi connectivity index (χ3v) is 6.92. The van der Waals surface area contributed by atoms with Crippen LogP contribution < -0.4 is 10.1 Å². The standard InChI is InChI=1S/C24H23FN4O3S/c1-14-4-5-16(15(2)10-14)19-12-27-24(29-13-28-23(22(19)29)33(3,30)31)26-11-18-17-8-9-32-21(17)7-6-20(18)25/h4-7,10,12-13H,8-9,11H2,1-3H3,(H,26,27). The monoisotopic (exact) mass is 466 g/mol. The molecule has 0 bridgehead atoms. The molecule has 0 radical (unpaired) electrons. The fraction of sp³-hybridized carbons (Fsp3) is 0.250. The van der Waals surface area contributed by atoms with Crippen molar-refractivity contribution in [3.8, 4) is 16.9 Å². The molecule has 0 atom stereocenters. The summed E-state index contributed by atoms with van der Waals surface area (Å²) in [6, 6.07) is 9.01. The van der Waals surface area contributed by atoms with Crippen molar-refractivity contribution in [1.29, 1.82) is 0 Å². The fourth-order valence-electron chi connectivity index (χ4n) is 4.38. The maximum absolute atomic E-state index is 14.6. The van der Waals surface area contributed by atoms with Gasteiger partial charge in [-0.15, -0.1) is 0 Å². The van der Waals surface area contributed by atoms with Crippen LogP contribution in [0.2, 0.25) is 0 Å². The van der Waals surface area contributed by atoms with Crippen LogP contribution in [0.15, 0.2) is 47.9 Å². The van der Waals surface area contributed by atoms with Gasteiger partial charge in [0.1, 0.15) is 17.9 Å². The molecule has 170 valence electrons. The van der Waals surface area contributed by atoms with E-state index in [1.807, 2.05) is 32.0 Å². The van der Waals surface area contributed by atoms with Gasteiger partial charge in [-0.3, -0.25) is 4.40 Å². The number of nitrogens with zero attached hydrogens (tertiary/aromatic N) is 3. The average molecular weight is 467 g/mol. The first-order valence-electron chi connectivity index (χ1n) is 10.5. The lowest BCUT2D eigenvalue weighted by atomic mass is 10.00. The van der Waals surface area contributed by atoms with Gasteiger partial charge >= 0.3 is 0 Å². The lowest BCUT2D eigenvalue weighted by Gasteiger charge is -2.14. The molecule has 1 aliphatic heterocycles. The molecule has 0 amide bonds. The van der Waals surface area contributed by atoms with Crippen molar-refractivity contribution in [2.24, 2.45) is 0 Å². The Morgan fingerprint density at radius 1 is 1.15 bits per heavy atom. The highest BCUT2D eigenvalue weighted by Crippen LogP contribution is 2.34. The number of fused-ring (bicyclic) bond motifs is 2. The largest absolute Gasteiger partial charge is 0.493 e. The summed E-state index contributed by atoms with van der Waals surface area (Å²) in [4.78, 5) is 8.74. The molecule has 0 aliphatic carbocycles. The predicted molar refractivity (Wildman–Crippen MR) is 124 cm³/mol. The first-order chi connectivity index (χ1) is 15.7. The van der Waals surface area contributed by atoms with Crippen LogP contribution in [0.5, 0.6) is 5.75 Å². The van der Waals surface area contributed by atoms with Crippen LogP contribution in [-0.2, 0) is 22.8 Å². The molecule has 0 saturated heterocycles. The number of anilines is 1. The molecule has 2 aromatic carbocycles. The van der Waals surface area contributed by atoms with E-state index in [-0.39, 0.29) is 17.4 Å². The summed E-state index contributed by atoms with van der Waals surface area (Å²) in [6.07, 6.45) is 4.85. The number of hydrogen-bond acceptors (Lipinski definition) is 6. The predicted octanol–water partition coefficient (Wildman–Crippen LogP) is 4.10. The molecule has 0 spiro atoms. The molecule has 4 aromatic rings. The molecule has 0 unspecified atom stereocenters. The minimum atomic E-state index is -3.60. The van der Waals surface area contributed by atoms with Crippen molar-refractivity contribution in [1.82, 2.24) is 14.4 Å². The van der Waals surface area contributed by atoms with Gasteiger partial charge in [0.15, 0.2) is 14.9 Å². The van der Waals surface area contributed by atoms with Crippen molar-refractivity contribution >= 4 is 21.3 Å². The van der Waals surface area contributed by atoms with Crippen molar-refractivity contribution in [2.45, 2.75) is 31.8 Å². The van der Waals surface area contributed by atoms with Gasteiger partial charge in [-0.1, -0.05) is 23.8 Å². The van der Waals surface area contributed by atoms with E-state index < -0.39 is 9.84 Å². The molecular weight excluding hydrogens is 443 g/mol. The zero-order valence-electron chi connectivity index (χ0n) is 18.5. The van der Waals surface area contributed by atoms with E-state index in [1.165, 1.54) is 12.4 Å². The maximum atomic E-state index is 14.6. The van der Waals surface area contributed by atoms with E-state index >= 15 is 0 Å². The Morgan fingerprint density at radius 3 is 2.73 bits per heavy atom. The maximum Gasteiger partial charge on any atom is 0.209 e. The Balaban J connectivity index is 1.63. The van der Waals surface area contributed by atoms with Crippen LogP contribution in [0.4, 0.5) is 10.3 Å². The molecular formula is C24H23FN4O3S. The molecule has 9 heteroatoms. The van der Waals surface area contributed by atoms with Crippen molar-refractivity contribution in [3.63, 3.8) is 0 Å². The molecule has 1 N–H and O–H groups in total. The van der Waals surface area contributed by atoms with Crippen LogP contribution in [0.25, 0.3) is 16.6 Å². The first-order valence-corrected chi connectivity index (χ1v) is 12.4. The Morgan fingerprint density at radius 2 is 1.97 bits per heavy atom. The van der Waals surface area contributed by atoms with Crippen LogP contribution in [0.1, 0.15) is 22.3 Å². The second-order valence-electron chi connectivity index (χ2n) is 8.31. The zero-order valence-corrected chi connectivity index (χ0v) is 19.3. The Kier molecular flexibility index (Phi) is 5.08. The molecule has 3 heterocycles. The summed E-state index contributed by atoms with van der Waals surface area (Å²) < 4.78 is 46.8. The molecule has 0 saturated carbocycles. The van der Waals surface area contributed by atoms with Crippen molar-refractivity contribution in [3.05, 3.63) is 70.9 Å². The normalized spacial score (nSPS) is 13.2. The van der Waals surface area contributed by atoms with Crippen LogP contribution >= 0.6 is 0 Å². The van der Waals surface area contributed by atoms with Gasteiger partial charge in [-0.25, -0.2) is 22.8 Å². The van der Waals surface area contributed by atoms with Gasteiger partial charge in [0.05, 0.1) is 12.1 Å². The lowest BCUT2D eigenvalue weighted by Crippen LogP contribution is -2.10. The Bertz CT molecular complexity index is 1510. The Labute approximate surface area is 191 Å². The van der Waals surface area contributed by atoms with E-state index in [2.05, 4.69) is 15.3 Å². The number of rotatable bonds is 5. The fourth-order valence-corrected chi connectivity index (χ4v) is 5.17. The number of benzene rings is 2. The van der Waals surface area contributed by atoms with Gasteiger partial charge in [-0.2, -0.15) is 0 Å². The molecule has 1 aliphatic rings. The number of imidazole rings is 1. The summed E-state index contributed by atoms with van der Waals surface area (Å²) in [7, 11) is -3.60. The van der Waals surface area contributed by atoms with Gasteiger partial charge in [0, 0.05) is 42.1 Å². The second-order valence-corrected chi connectivity index (χ2v) is 10.2. The van der Waals surface area contributed by atoms with Gasteiger partial charge in [-0.05, 0) is 37.1 Å². The van der Waals surface area contributed by atoms with E-state index in [9.17, 15) is 12.8 Å². The molecule has 7 nitrogen and oxygen atoms in total. The number of hydrogen-bond donors (Lipinski definition) is 1. The number of halogens is 1. The number of aromatic nitrogens is 3. The van der Waals surface area contributed by atoms with E-state index in [1.54, 1.807) is 16.7 Å². The third-order valence-electron chi connectivity index (χ3n) is 5.92. The summed E-state index contributed by atoms with van der Waals surface area (Å²) in [5, 5.41) is 3.14. The van der Waals surface area contributed by atoms with Crippen LogP contribution in [0.3, 0.4) is 0 Å². The molecule has 2 aromatic heterocycles. The summed E-state index contributed by atoms with van der Waals surface area (Å²) in [6.45, 7) is 4.68. The minimum absolute atomic E-state index is 0.0249. The third kappa shape index (κ3) is 3.72. The summed E-state index contributed by atoms with van der Waals surface area (Å²) >= 11 is 0. The highest BCUT2D eigenvalue weighted by atomic mass is 32.2. The number of aryl methyl sites for hydroxylation is 2. The SMILES string of the molecule is Cc1ccc(-c2cnc(NCc3c(F)ccc4c3CCO4)n3cnc(S(C)(=O)=O)c23)c(C)c1. The summed E-state index contributed by atoms with van der Waals surface area (Å²) in [5.41, 5.74) is 5.44. The number of sulfone groups is 1. The van der Waals surface area contributed by atoms with Gasteiger partial charge < -0.3 is 10.1 Å². The smallest absolute Gasteiger partial charge is 0.209 e. The highest BCUT2D eigenvalue weighted by Gasteiger charge is 2.23. The lowest BCUT2D eigenvalue weighted by molar-refractivity contribution is 0.356. The number of ether oxygens (including phenoxy) is 1. The quantitative estimate of drug-likeness (QED) is 0.477. The topological polar surface area (TPSA) is 85.6 Å². The first kappa shape index (κ1) is 21.4. The van der Waals surface area contributed by atoms with Crippen molar-refractivity contribution < 1.29 is 17.5 Å².